The van der Waals surface area contributed by atoms with E-state index in [-0.39, 0.29) is 13.0 Å². The fraction of sp³-hybridized carbons (Fsp3) is 0.533. The van der Waals surface area contributed by atoms with E-state index in [4.69, 9.17) is 10.8 Å². The number of aromatic amines is 1. The highest BCUT2D eigenvalue weighted by molar-refractivity contribution is 7.98. The Bertz CT molecular complexity index is 639. The van der Waals surface area contributed by atoms with E-state index in [0.717, 1.165) is 5.75 Å². The Kier molecular flexibility index (Phi) is 9.90. The second-order valence-electron chi connectivity index (χ2n) is 5.62. The summed E-state index contributed by atoms with van der Waals surface area (Å²) in [6.45, 7) is -0.741. The van der Waals surface area contributed by atoms with Gasteiger partial charge in [-0.2, -0.15) is 11.8 Å². The molecule has 0 saturated heterocycles. The van der Waals surface area contributed by atoms with Crippen molar-refractivity contribution in [2.45, 2.75) is 24.9 Å². The maximum atomic E-state index is 11.8. The van der Waals surface area contributed by atoms with Crippen LogP contribution in [0.4, 0.5) is 0 Å². The molecule has 0 fully saturated rings. The first-order valence-corrected chi connectivity index (χ1v) is 9.51. The molecular weight excluding hydrogens is 376 g/mol. The summed E-state index contributed by atoms with van der Waals surface area (Å²) < 4.78 is 0. The van der Waals surface area contributed by atoms with E-state index in [1.54, 1.807) is 11.8 Å². The number of H-pyrrole nitrogens is 1. The summed E-state index contributed by atoms with van der Waals surface area (Å²) in [6, 6.07) is -1.86. The molecule has 11 nitrogen and oxygen atoms in total. The highest BCUT2D eigenvalue weighted by Gasteiger charge is 2.21. The molecule has 0 bridgehead atoms. The average molecular weight is 400 g/mol. The predicted molar refractivity (Wildman–Crippen MR) is 98.9 cm³/mol. The topological polar surface area (TPSA) is 179 Å². The van der Waals surface area contributed by atoms with Crippen LogP contribution in [0.5, 0.6) is 0 Å². The Balaban J connectivity index is 2.32. The van der Waals surface area contributed by atoms with Gasteiger partial charge in [-0.1, -0.05) is 0 Å². The summed E-state index contributed by atoms with van der Waals surface area (Å²) in [4.78, 5) is 52.9. The first kappa shape index (κ1) is 22.4. The third kappa shape index (κ3) is 9.06. The zero-order valence-corrected chi connectivity index (χ0v) is 15.7. The first-order valence-electron chi connectivity index (χ1n) is 8.11. The largest absolute Gasteiger partial charge is 0.480 e. The van der Waals surface area contributed by atoms with Crippen LogP contribution in [0.15, 0.2) is 12.5 Å². The van der Waals surface area contributed by atoms with Gasteiger partial charge in [-0.05, 0) is 18.4 Å². The number of hydrogen-bond acceptors (Lipinski definition) is 7. The molecule has 0 saturated carbocycles. The molecule has 1 heterocycles. The molecule has 2 unspecified atom stereocenters. The standard InChI is InChI=1S/C15H24N6O5S/c1-27-3-2-10(16)14(24)19-6-12(22)18-7-13(23)21-11(15(25)26)4-9-5-17-8-20-9/h5,8,10-11H,2-4,6-7,16H2,1H3,(H,17,20)(H,18,22)(H,19,24)(H,21,23)(H,25,26). The number of thioether (sulfide) groups is 1. The van der Waals surface area contributed by atoms with Crippen molar-refractivity contribution >= 4 is 35.5 Å². The lowest BCUT2D eigenvalue weighted by Crippen LogP contribution is -2.49. The molecule has 7 N–H and O–H groups in total. The number of carboxylic acid groups (broad SMARTS) is 1. The van der Waals surface area contributed by atoms with Crippen LogP contribution >= 0.6 is 11.8 Å². The van der Waals surface area contributed by atoms with Crippen molar-refractivity contribution in [2.75, 3.05) is 25.1 Å². The number of hydrogen-bond donors (Lipinski definition) is 6. The lowest BCUT2D eigenvalue weighted by atomic mass is 10.1. The molecule has 0 aromatic carbocycles. The molecule has 150 valence electrons. The minimum absolute atomic E-state index is 0.0268. The quantitative estimate of drug-likeness (QED) is 0.229. The van der Waals surface area contributed by atoms with Gasteiger partial charge in [0.25, 0.3) is 0 Å². The Labute approximate surface area is 160 Å². The van der Waals surface area contributed by atoms with Crippen molar-refractivity contribution in [2.24, 2.45) is 5.73 Å². The molecule has 2 atom stereocenters. The summed E-state index contributed by atoms with van der Waals surface area (Å²) in [5.41, 5.74) is 6.21. The smallest absolute Gasteiger partial charge is 0.326 e. The molecule has 3 amide bonds. The predicted octanol–water partition coefficient (Wildman–Crippen LogP) is -2.17. The van der Waals surface area contributed by atoms with E-state index in [1.165, 1.54) is 12.5 Å². The molecule has 12 heteroatoms. The van der Waals surface area contributed by atoms with E-state index in [2.05, 4.69) is 25.9 Å². The monoisotopic (exact) mass is 400 g/mol. The fourth-order valence-corrected chi connectivity index (χ4v) is 2.47. The second-order valence-corrected chi connectivity index (χ2v) is 6.61. The maximum Gasteiger partial charge on any atom is 0.326 e. The minimum Gasteiger partial charge on any atom is -0.480 e. The SMILES string of the molecule is CSCCC(N)C(=O)NCC(=O)NCC(=O)NC(Cc1cnc[nH]1)C(=O)O. The number of aliphatic carboxylic acids is 1. The number of nitrogens with one attached hydrogen (secondary N) is 4. The number of carbonyl (C=O) groups excluding carboxylic acids is 3. The second kappa shape index (κ2) is 11.9. The fourth-order valence-electron chi connectivity index (χ4n) is 1.98. The molecule has 1 aromatic heterocycles. The molecule has 0 radical (unpaired) electrons. The summed E-state index contributed by atoms with van der Waals surface area (Å²) >= 11 is 1.56. The van der Waals surface area contributed by atoms with E-state index in [0.29, 0.717) is 12.1 Å². The van der Waals surface area contributed by atoms with Gasteiger partial charge >= 0.3 is 5.97 Å². The third-order valence-electron chi connectivity index (χ3n) is 3.45. The van der Waals surface area contributed by atoms with Crippen molar-refractivity contribution in [3.63, 3.8) is 0 Å². The zero-order chi connectivity index (χ0) is 20.2. The zero-order valence-electron chi connectivity index (χ0n) is 14.9. The average Bonchev–Trinajstić information content (AvgIpc) is 3.14. The van der Waals surface area contributed by atoms with Gasteiger partial charge in [0.05, 0.1) is 25.5 Å². The van der Waals surface area contributed by atoms with Gasteiger partial charge in [0.15, 0.2) is 0 Å². The Hall–Kier alpha value is -2.60. The van der Waals surface area contributed by atoms with Crippen LogP contribution in [-0.4, -0.2) is 75.9 Å². The van der Waals surface area contributed by atoms with Crippen LogP contribution in [0.25, 0.3) is 0 Å². The Morgan fingerprint density at radius 1 is 1.26 bits per heavy atom. The van der Waals surface area contributed by atoms with Crippen LogP contribution < -0.4 is 21.7 Å². The van der Waals surface area contributed by atoms with Crippen LogP contribution in [0, 0.1) is 0 Å². The lowest BCUT2D eigenvalue weighted by molar-refractivity contribution is -0.141. The number of carboxylic acids is 1. The first-order chi connectivity index (χ1) is 12.8. The summed E-state index contributed by atoms with van der Waals surface area (Å²) in [5.74, 6) is -2.19. The molecular formula is C15H24N6O5S. The lowest BCUT2D eigenvalue weighted by Gasteiger charge is -2.14. The van der Waals surface area contributed by atoms with E-state index in [9.17, 15) is 19.2 Å². The van der Waals surface area contributed by atoms with Crippen molar-refractivity contribution in [3.05, 3.63) is 18.2 Å². The van der Waals surface area contributed by atoms with Crippen LogP contribution in [0.3, 0.4) is 0 Å². The van der Waals surface area contributed by atoms with Gasteiger partial charge in [-0.3, -0.25) is 14.4 Å². The highest BCUT2D eigenvalue weighted by Crippen LogP contribution is 1.99. The number of nitrogens with two attached hydrogens (primary N) is 1. The minimum atomic E-state index is -1.21. The molecule has 0 aliphatic carbocycles. The van der Waals surface area contributed by atoms with Crippen molar-refractivity contribution in [1.29, 1.82) is 0 Å². The molecule has 1 rings (SSSR count). The third-order valence-corrected chi connectivity index (χ3v) is 4.10. The number of imidazole rings is 1. The van der Waals surface area contributed by atoms with Gasteiger partial charge in [-0.25, -0.2) is 9.78 Å². The van der Waals surface area contributed by atoms with Gasteiger partial charge in [0.1, 0.15) is 6.04 Å². The van der Waals surface area contributed by atoms with E-state index < -0.39 is 42.3 Å². The molecule has 0 aliphatic rings. The summed E-state index contributed by atoms with van der Waals surface area (Å²) in [6.07, 6.45) is 5.27. The van der Waals surface area contributed by atoms with Crippen molar-refractivity contribution < 1.29 is 24.3 Å². The normalized spacial score (nSPS) is 12.7. The number of amides is 3. The summed E-state index contributed by atoms with van der Waals surface area (Å²) in [5, 5.41) is 16.1. The van der Waals surface area contributed by atoms with Gasteiger partial charge in [-0.15, -0.1) is 0 Å². The Morgan fingerprint density at radius 2 is 1.96 bits per heavy atom. The Morgan fingerprint density at radius 3 is 2.56 bits per heavy atom. The van der Waals surface area contributed by atoms with E-state index in [1.807, 2.05) is 6.26 Å². The summed E-state index contributed by atoms with van der Waals surface area (Å²) in [7, 11) is 0. The highest BCUT2D eigenvalue weighted by atomic mass is 32.2. The maximum absolute atomic E-state index is 11.8. The van der Waals surface area contributed by atoms with Crippen molar-refractivity contribution in [3.8, 4) is 0 Å². The van der Waals surface area contributed by atoms with Crippen LogP contribution in [0.1, 0.15) is 12.1 Å². The number of aromatic nitrogens is 2. The van der Waals surface area contributed by atoms with Gasteiger partial charge in [0.2, 0.25) is 17.7 Å². The van der Waals surface area contributed by atoms with Gasteiger partial charge in [0, 0.05) is 18.3 Å². The van der Waals surface area contributed by atoms with Crippen LogP contribution in [-0.2, 0) is 25.6 Å². The number of rotatable bonds is 12. The number of carbonyl (C=O) groups is 4. The van der Waals surface area contributed by atoms with Crippen LogP contribution in [0.2, 0.25) is 0 Å². The molecule has 0 aliphatic heterocycles. The van der Waals surface area contributed by atoms with E-state index >= 15 is 0 Å². The van der Waals surface area contributed by atoms with Crippen molar-refractivity contribution in [1.82, 2.24) is 25.9 Å². The number of nitrogens with zero attached hydrogens (tertiary/aromatic N) is 1. The molecule has 27 heavy (non-hydrogen) atoms. The molecule has 1 aromatic rings. The van der Waals surface area contributed by atoms with Gasteiger partial charge < -0.3 is 31.8 Å². The molecule has 0 spiro atoms.